The van der Waals surface area contributed by atoms with E-state index in [0.717, 1.165) is 6.07 Å². The van der Waals surface area contributed by atoms with E-state index >= 15 is 0 Å². The van der Waals surface area contributed by atoms with Crippen LogP contribution in [0.25, 0.3) is 0 Å². The molecule has 0 aliphatic rings. The molecule has 0 fully saturated rings. The number of hydrogen-bond donors (Lipinski definition) is 1. The maximum absolute atomic E-state index is 13.5. The zero-order chi connectivity index (χ0) is 16.1. The highest BCUT2D eigenvalue weighted by Crippen LogP contribution is 2.20. The molecule has 0 saturated carbocycles. The molecule has 0 aliphatic heterocycles. The van der Waals surface area contributed by atoms with Gasteiger partial charge in [0.05, 0.1) is 11.3 Å². The van der Waals surface area contributed by atoms with E-state index in [9.17, 15) is 14.0 Å². The lowest BCUT2D eigenvalue weighted by molar-refractivity contribution is -0.119. The molecule has 1 N–H and O–H groups in total. The molecular formula is C15H10BrClFNO3. The number of esters is 1. The third kappa shape index (κ3) is 4.29. The Kier molecular flexibility index (Phi) is 5.51. The molecule has 2 aromatic rings. The minimum Gasteiger partial charge on any atom is -0.452 e. The number of rotatable bonds is 4. The van der Waals surface area contributed by atoms with Crippen LogP contribution in [0.2, 0.25) is 5.02 Å². The van der Waals surface area contributed by atoms with Gasteiger partial charge in [-0.3, -0.25) is 4.79 Å². The van der Waals surface area contributed by atoms with Crippen LogP contribution < -0.4 is 5.32 Å². The highest BCUT2D eigenvalue weighted by atomic mass is 79.9. The van der Waals surface area contributed by atoms with Gasteiger partial charge in [-0.25, -0.2) is 9.18 Å². The summed E-state index contributed by atoms with van der Waals surface area (Å²) in [5, 5.41) is 2.56. The molecule has 0 radical (unpaired) electrons. The SMILES string of the molecule is O=C(COC(=O)c1ccccc1Br)Nc1cc(Cl)ccc1F. The number of anilines is 1. The molecule has 0 spiro atoms. The summed E-state index contributed by atoms with van der Waals surface area (Å²) in [4.78, 5) is 23.5. The number of amides is 1. The first-order chi connectivity index (χ1) is 10.5. The fourth-order valence-electron chi connectivity index (χ4n) is 1.62. The van der Waals surface area contributed by atoms with Gasteiger partial charge >= 0.3 is 5.97 Å². The van der Waals surface area contributed by atoms with Crippen molar-refractivity contribution in [1.82, 2.24) is 0 Å². The van der Waals surface area contributed by atoms with Gasteiger partial charge in [0.25, 0.3) is 5.91 Å². The number of hydrogen-bond acceptors (Lipinski definition) is 3. The zero-order valence-electron chi connectivity index (χ0n) is 11.1. The quantitative estimate of drug-likeness (QED) is 0.807. The Balaban J connectivity index is 1.94. The maximum Gasteiger partial charge on any atom is 0.339 e. The minimum absolute atomic E-state index is 0.0746. The van der Waals surface area contributed by atoms with Gasteiger partial charge < -0.3 is 10.1 Å². The molecule has 0 bridgehead atoms. The van der Waals surface area contributed by atoms with E-state index in [4.69, 9.17) is 16.3 Å². The second kappa shape index (κ2) is 7.38. The van der Waals surface area contributed by atoms with Gasteiger partial charge in [0.2, 0.25) is 0 Å². The number of halogens is 3. The van der Waals surface area contributed by atoms with E-state index in [2.05, 4.69) is 21.2 Å². The molecule has 2 aromatic carbocycles. The average molecular weight is 387 g/mol. The van der Waals surface area contributed by atoms with Crippen molar-refractivity contribution in [2.24, 2.45) is 0 Å². The van der Waals surface area contributed by atoms with Crippen LogP contribution in [0.1, 0.15) is 10.4 Å². The van der Waals surface area contributed by atoms with Crippen molar-refractivity contribution in [3.8, 4) is 0 Å². The summed E-state index contributed by atoms with van der Waals surface area (Å²) in [5.41, 5.74) is 0.221. The monoisotopic (exact) mass is 385 g/mol. The highest BCUT2D eigenvalue weighted by Gasteiger charge is 2.14. The van der Waals surface area contributed by atoms with Gasteiger partial charge in [0, 0.05) is 9.50 Å². The van der Waals surface area contributed by atoms with Gasteiger partial charge in [-0.1, -0.05) is 23.7 Å². The van der Waals surface area contributed by atoms with Crippen molar-refractivity contribution < 1.29 is 18.7 Å². The van der Waals surface area contributed by atoms with Crippen LogP contribution in [-0.2, 0) is 9.53 Å². The summed E-state index contributed by atoms with van der Waals surface area (Å²) >= 11 is 8.93. The molecule has 0 saturated heterocycles. The molecule has 0 atom stereocenters. The molecular weight excluding hydrogens is 377 g/mol. The highest BCUT2D eigenvalue weighted by molar-refractivity contribution is 9.10. The van der Waals surface area contributed by atoms with Crippen LogP contribution >= 0.6 is 27.5 Å². The Morgan fingerprint density at radius 3 is 2.68 bits per heavy atom. The first kappa shape index (κ1) is 16.5. The summed E-state index contributed by atoms with van der Waals surface area (Å²) in [7, 11) is 0. The average Bonchev–Trinajstić information content (AvgIpc) is 2.49. The third-order valence-corrected chi connectivity index (χ3v) is 3.56. The van der Waals surface area contributed by atoms with Gasteiger partial charge in [0.15, 0.2) is 6.61 Å². The molecule has 114 valence electrons. The van der Waals surface area contributed by atoms with Crippen molar-refractivity contribution in [3.05, 3.63) is 63.3 Å². The molecule has 0 aromatic heterocycles. The Bertz CT molecular complexity index is 724. The van der Waals surface area contributed by atoms with E-state index in [0.29, 0.717) is 10.0 Å². The van der Waals surface area contributed by atoms with Crippen LogP contribution in [0.3, 0.4) is 0 Å². The summed E-state index contributed by atoms with van der Waals surface area (Å²) in [5.74, 6) is -1.95. The molecule has 1 amide bonds. The van der Waals surface area contributed by atoms with Crippen LogP contribution in [0, 0.1) is 5.82 Å². The van der Waals surface area contributed by atoms with Crippen molar-refractivity contribution in [1.29, 1.82) is 0 Å². The molecule has 4 nitrogen and oxygen atoms in total. The predicted octanol–water partition coefficient (Wildman–Crippen LogP) is 4.04. The molecule has 22 heavy (non-hydrogen) atoms. The topological polar surface area (TPSA) is 55.4 Å². The first-order valence-electron chi connectivity index (χ1n) is 6.14. The number of carbonyl (C=O) groups excluding carboxylic acids is 2. The number of ether oxygens (including phenoxy) is 1. The Labute approximate surface area is 139 Å². The molecule has 7 heteroatoms. The predicted molar refractivity (Wildman–Crippen MR) is 84.5 cm³/mol. The normalized spacial score (nSPS) is 10.1. The lowest BCUT2D eigenvalue weighted by Crippen LogP contribution is -2.21. The molecule has 0 aliphatic carbocycles. The zero-order valence-corrected chi connectivity index (χ0v) is 13.4. The van der Waals surface area contributed by atoms with Crippen LogP contribution in [-0.4, -0.2) is 18.5 Å². The van der Waals surface area contributed by atoms with Crippen molar-refractivity contribution in [3.63, 3.8) is 0 Å². The van der Waals surface area contributed by atoms with E-state index in [1.165, 1.54) is 12.1 Å². The smallest absolute Gasteiger partial charge is 0.339 e. The Morgan fingerprint density at radius 1 is 1.23 bits per heavy atom. The Hall–Kier alpha value is -1.92. The second-order valence-corrected chi connectivity index (χ2v) is 5.52. The van der Waals surface area contributed by atoms with Crippen molar-refractivity contribution in [2.75, 3.05) is 11.9 Å². The third-order valence-electron chi connectivity index (χ3n) is 2.63. The van der Waals surface area contributed by atoms with Gasteiger partial charge in [-0.05, 0) is 46.3 Å². The fourth-order valence-corrected chi connectivity index (χ4v) is 2.23. The van der Waals surface area contributed by atoms with E-state index in [-0.39, 0.29) is 10.7 Å². The van der Waals surface area contributed by atoms with E-state index < -0.39 is 24.3 Å². The maximum atomic E-state index is 13.5. The summed E-state index contributed by atoms with van der Waals surface area (Å²) in [6.45, 7) is -0.536. The second-order valence-electron chi connectivity index (χ2n) is 4.23. The summed E-state index contributed by atoms with van der Waals surface area (Å²) in [6, 6.07) is 10.4. The first-order valence-corrected chi connectivity index (χ1v) is 7.31. The van der Waals surface area contributed by atoms with E-state index in [1.807, 2.05) is 0 Å². The number of benzene rings is 2. The van der Waals surface area contributed by atoms with E-state index in [1.54, 1.807) is 24.3 Å². The van der Waals surface area contributed by atoms with Gasteiger partial charge in [0.1, 0.15) is 5.82 Å². The largest absolute Gasteiger partial charge is 0.452 e. The summed E-state index contributed by atoms with van der Waals surface area (Å²) < 4.78 is 18.9. The minimum atomic E-state index is -0.665. The summed E-state index contributed by atoms with van der Waals surface area (Å²) in [6.07, 6.45) is 0. The van der Waals surface area contributed by atoms with Crippen molar-refractivity contribution >= 4 is 45.1 Å². The number of carbonyl (C=O) groups is 2. The number of nitrogens with one attached hydrogen (secondary N) is 1. The van der Waals surface area contributed by atoms with Crippen LogP contribution in [0.4, 0.5) is 10.1 Å². The van der Waals surface area contributed by atoms with Crippen LogP contribution in [0.5, 0.6) is 0 Å². The lowest BCUT2D eigenvalue weighted by atomic mass is 10.2. The van der Waals surface area contributed by atoms with Gasteiger partial charge in [-0.15, -0.1) is 0 Å². The molecule has 0 heterocycles. The van der Waals surface area contributed by atoms with Crippen molar-refractivity contribution in [2.45, 2.75) is 0 Å². The lowest BCUT2D eigenvalue weighted by Gasteiger charge is -2.08. The van der Waals surface area contributed by atoms with Crippen LogP contribution in [0.15, 0.2) is 46.9 Å². The molecule has 0 unspecified atom stereocenters. The van der Waals surface area contributed by atoms with Gasteiger partial charge in [-0.2, -0.15) is 0 Å². The fraction of sp³-hybridized carbons (Fsp3) is 0.0667. The standard InChI is InChI=1S/C15H10BrClFNO3/c16-11-4-2-1-3-10(11)15(21)22-8-14(20)19-13-7-9(17)5-6-12(13)18/h1-7H,8H2,(H,19,20). The Morgan fingerprint density at radius 2 is 1.95 bits per heavy atom. The molecule has 2 rings (SSSR count).